The van der Waals surface area contributed by atoms with Crippen LogP contribution in [0.1, 0.15) is 137 Å². The Balaban J connectivity index is 1.26. The average Bonchev–Trinajstić information content (AvgIpc) is 3.13. The van der Waals surface area contributed by atoms with Crippen molar-refractivity contribution in [1.82, 2.24) is 26.6 Å². The van der Waals surface area contributed by atoms with Crippen molar-refractivity contribution >= 4 is 39.4 Å². The molecule has 4 aliphatic carbocycles. The maximum absolute atomic E-state index is 13.6. The van der Waals surface area contributed by atoms with Gasteiger partial charge in [0.25, 0.3) is 0 Å². The summed E-state index contributed by atoms with van der Waals surface area (Å²) >= 11 is 0. The maximum atomic E-state index is 13.6. The van der Waals surface area contributed by atoms with Gasteiger partial charge in [-0.05, 0) is 129 Å². The molecule has 1 aromatic carbocycles. The van der Waals surface area contributed by atoms with Crippen LogP contribution in [0.3, 0.4) is 0 Å². The Labute approximate surface area is 365 Å². The van der Waals surface area contributed by atoms with Gasteiger partial charge in [-0.15, -0.1) is 0 Å². The summed E-state index contributed by atoms with van der Waals surface area (Å²) < 4.78 is 23.6. The molecule has 0 unspecified atom stereocenters. The number of phenols is 1. The number of phenolic OH excluding ortho intramolecular Hbond substituents is 1. The molecule has 0 aromatic heterocycles. The predicted molar refractivity (Wildman–Crippen MR) is 239 cm³/mol. The Morgan fingerprint density at radius 2 is 1.21 bits per heavy atom. The minimum absolute atomic E-state index is 0.0507. The number of carbonyl (C=O) groups excluding carboxylic acids is 5. The second-order valence-corrected chi connectivity index (χ2v) is 22.0. The number of amides is 5. The molecule has 4 atom stereocenters. The van der Waals surface area contributed by atoms with E-state index in [-0.39, 0.29) is 53.1 Å². The summed E-state index contributed by atoms with van der Waals surface area (Å²) in [5, 5.41) is 25.6. The van der Waals surface area contributed by atoms with Crippen LogP contribution >= 0.6 is 0 Å². The molecule has 4 aliphatic rings. The Morgan fingerprint density at radius 3 is 1.75 bits per heavy atom. The number of sulfone groups is 1. The minimum atomic E-state index is -3.40. The summed E-state index contributed by atoms with van der Waals surface area (Å²) in [5.41, 5.74) is 0.881. The fraction of sp³-hybridized carbons (Fsp3) is 0.723. The van der Waals surface area contributed by atoms with Crippen molar-refractivity contribution in [2.45, 2.75) is 162 Å². The topological polar surface area (TPSA) is 200 Å². The Bertz CT molecular complexity index is 1740. The third-order valence-corrected chi connectivity index (χ3v) is 13.1. The predicted octanol–water partition coefficient (Wildman–Crippen LogP) is 5.85. The molecule has 13 nitrogen and oxygen atoms in total. The first kappa shape index (κ1) is 49.7. The largest absolute Gasteiger partial charge is 0.508 e. The van der Waals surface area contributed by atoms with Gasteiger partial charge < -0.3 is 31.7 Å². The smallest absolute Gasteiger partial charge is 0.243 e. The zero-order valence-electron chi connectivity index (χ0n) is 37.8. The summed E-state index contributed by atoms with van der Waals surface area (Å²) in [7, 11) is -3.40. The Morgan fingerprint density at radius 1 is 0.689 bits per heavy atom. The molecule has 5 rings (SSSR count). The van der Waals surface area contributed by atoms with Crippen LogP contribution in [0.4, 0.5) is 0 Å². The first-order valence-electron chi connectivity index (χ1n) is 22.8. The van der Waals surface area contributed by atoms with E-state index < -0.39 is 45.8 Å². The van der Waals surface area contributed by atoms with Crippen molar-refractivity contribution < 1.29 is 37.5 Å². The van der Waals surface area contributed by atoms with Gasteiger partial charge in [-0.25, -0.2) is 8.42 Å². The van der Waals surface area contributed by atoms with Crippen molar-refractivity contribution in [3.63, 3.8) is 0 Å². The van der Waals surface area contributed by atoms with Gasteiger partial charge >= 0.3 is 0 Å². The van der Waals surface area contributed by atoms with Gasteiger partial charge in [0.1, 0.15) is 23.9 Å². The van der Waals surface area contributed by atoms with Gasteiger partial charge in [-0.3, -0.25) is 24.0 Å². The molecule has 0 aliphatic heterocycles. The van der Waals surface area contributed by atoms with E-state index in [0.717, 1.165) is 54.2 Å². The fourth-order valence-corrected chi connectivity index (χ4v) is 10.7. The van der Waals surface area contributed by atoms with E-state index in [1.165, 1.54) is 25.3 Å². The zero-order valence-corrected chi connectivity index (χ0v) is 38.6. The van der Waals surface area contributed by atoms with Crippen LogP contribution in [0.15, 0.2) is 35.7 Å². The molecule has 6 N–H and O–H groups in total. The molecule has 14 heteroatoms. The van der Waals surface area contributed by atoms with Crippen molar-refractivity contribution in [2.24, 2.45) is 40.9 Å². The SMILES string of the molecule is CC(C)C[C@@H](/C=C/S(C)(=O)=O)NC(=O)[C@H](CC(C)C)NC(=O)[C@H](CC(C)C)NC(=O)CCCCCNC(=O)[C@H](Cc1ccc(O)cc1)NC(=O)CC12CC3CC(CC(C3)C1)C2. The molecule has 4 fully saturated rings. The van der Waals surface area contributed by atoms with E-state index in [1.807, 2.05) is 41.5 Å². The second-order valence-electron chi connectivity index (χ2n) is 20.0. The number of unbranched alkanes of at least 4 members (excludes halogenated alkanes) is 2. The summed E-state index contributed by atoms with van der Waals surface area (Å²) in [6, 6.07) is 3.64. The monoisotopic (exact) mass is 870 g/mol. The molecule has 342 valence electrons. The number of nitrogens with one attached hydrogen (secondary N) is 5. The van der Waals surface area contributed by atoms with Crippen LogP contribution in [0, 0.1) is 40.9 Å². The highest BCUT2D eigenvalue weighted by molar-refractivity contribution is 7.93. The number of benzene rings is 1. The molecular formula is C47H75N5O8S. The van der Waals surface area contributed by atoms with Gasteiger partial charge in [0.15, 0.2) is 9.84 Å². The van der Waals surface area contributed by atoms with Crippen LogP contribution in [0.25, 0.3) is 0 Å². The van der Waals surface area contributed by atoms with Gasteiger partial charge in [0, 0.05) is 43.5 Å². The highest BCUT2D eigenvalue weighted by Crippen LogP contribution is 2.61. The average molecular weight is 870 g/mol. The molecule has 0 spiro atoms. The van der Waals surface area contributed by atoms with Crippen LogP contribution in [0.5, 0.6) is 5.75 Å². The Kier molecular flexibility index (Phi) is 18.7. The lowest BCUT2D eigenvalue weighted by molar-refractivity contribution is -0.134. The van der Waals surface area contributed by atoms with Crippen molar-refractivity contribution in [3.8, 4) is 5.75 Å². The third kappa shape index (κ3) is 17.4. The van der Waals surface area contributed by atoms with E-state index in [4.69, 9.17) is 0 Å². The van der Waals surface area contributed by atoms with E-state index in [2.05, 4.69) is 26.6 Å². The molecule has 61 heavy (non-hydrogen) atoms. The lowest BCUT2D eigenvalue weighted by Crippen LogP contribution is -2.55. The molecule has 4 saturated carbocycles. The maximum Gasteiger partial charge on any atom is 0.243 e. The van der Waals surface area contributed by atoms with Crippen LogP contribution in [-0.4, -0.2) is 80.0 Å². The van der Waals surface area contributed by atoms with Crippen molar-refractivity contribution in [3.05, 3.63) is 41.3 Å². The van der Waals surface area contributed by atoms with E-state index in [0.29, 0.717) is 57.9 Å². The Hall–Kier alpha value is -3.94. The summed E-state index contributed by atoms with van der Waals surface area (Å²) in [5.74, 6) is 1.12. The molecule has 1 aromatic rings. The van der Waals surface area contributed by atoms with E-state index >= 15 is 0 Å². The van der Waals surface area contributed by atoms with Crippen molar-refractivity contribution in [1.29, 1.82) is 0 Å². The quantitative estimate of drug-likeness (QED) is 0.0658. The first-order valence-corrected chi connectivity index (χ1v) is 24.8. The number of rotatable bonds is 25. The molecule has 0 saturated heterocycles. The highest BCUT2D eigenvalue weighted by Gasteiger charge is 2.51. The highest BCUT2D eigenvalue weighted by atomic mass is 32.2. The second kappa shape index (κ2) is 22.9. The lowest BCUT2D eigenvalue weighted by Gasteiger charge is -2.56. The van der Waals surface area contributed by atoms with Crippen LogP contribution in [0.2, 0.25) is 0 Å². The lowest BCUT2D eigenvalue weighted by atomic mass is 9.49. The zero-order chi connectivity index (χ0) is 44.9. The fourth-order valence-electron chi connectivity index (χ4n) is 10.3. The van der Waals surface area contributed by atoms with Crippen LogP contribution in [-0.2, 0) is 40.2 Å². The van der Waals surface area contributed by atoms with Gasteiger partial charge in [-0.2, -0.15) is 0 Å². The molecular weight excluding hydrogens is 795 g/mol. The van der Waals surface area contributed by atoms with E-state index in [1.54, 1.807) is 24.3 Å². The third-order valence-electron chi connectivity index (χ3n) is 12.4. The van der Waals surface area contributed by atoms with Gasteiger partial charge in [-0.1, -0.05) is 66.2 Å². The van der Waals surface area contributed by atoms with Crippen LogP contribution < -0.4 is 26.6 Å². The molecule has 0 heterocycles. The summed E-state index contributed by atoms with van der Waals surface area (Å²) in [6.07, 6.45) is 13.8. The van der Waals surface area contributed by atoms with Gasteiger partial charge in [0.05, 0.1) is 0 Å². The molecule has 5 amide bonds. The van der Waals surface area contributed by atoms with E-state index in [9.17, 15) is 37.5 Å². The minimum Gasteiger partial charge on any atom is -0.508 e. The van der Waals surface area contributed by atoms with Gasteiger partial charge in [0.2, 0.25) is 29.5 Å². The number of aromatic hydroxyl groups is 1. The standard InChI is InChI=1S/C47H75N5O8S/c1-30(2)19-37(16-18-61(7,59)60)49-45(57)40(21-32(5)6)52-46(58)39(20-31(3)4)50-42(54)11-9-8-10-17-48-44(56)41(25-33-12-14-38(53)15-13-33)51-43(55)29-47-26-34-22-35(27-47)24-36(23-34)28-47/h12-16,18,30-32,34-37,39-41,53H,8-11,17,19-29H2,1-7H3,(H,48,56)(H,49,57)(H,50,54)(H,51,55)(H,52,58)/b18-16+/t34?,35?,36?,37-,39+,40+,41+,47?/m1/s1. The molecule has 4 bridgehead atoms. The first-order chi connectivity index (χ1) is 28.7. The number of hydrogen-bond acceptors (Lipinski definition) is 8. The summed E-state index contributed by atoms with van der Waals surface area (Å²) in [6.45, 7) is 12.1. The number of hydrogen-bond donors (Lipinski definition) is 6. The van der Waals surface area contributed by atoms with Crippen molar-refractivity contribution in [2.75, 3.05) is 12.8 Å². The molecule has 0 radical (unpaired) electrons. The summed E-state index contributed by atoms with van der Waals surface area (Å²) in [4.78, 5) is 67.4. The number of carbonyl (C=O) groups is 5. The normalized spacial score (nSPS) is 22.8.